The van der Waals surface area contributed by atoms with Crippen LogP contribution in [0.4, 0.5) is 0 Å². The standard InChI is InChI=1S/C6H16N2O2/c1-6(9)7-10-5-4-8(2)3/h6-7,9H,4-5H2,1-3H3. The van der Waals surface area contributed by atoms with Gasteiger partial charge in [0.1, 0.15) is 6.23 Å². The molecule has 4 nitrogen and oxygen atoms in total. The van der Waals surface area contributed by atoms with Gasteiger partial charge in [0.25, 0.3) is 0 Å². The predicted molar refractivity (Wildman–Crippen MR) is 39.3 cm³/mol. The molecule has 1 atom stereocenters. The minimum atomic E-state index is -0.595. The maximum Gasteiger partial charge on any atom is 0.124 e. The van der Waals surface area contributed by atoms with Crippen LogP contribution in [0.15, 0.2) is 0 Å². The van der Waals surface area contributed by atoms with Crippen LogP contribution in [0.2, 0.25) is 0 Å². The average Bonchev–Trinajstić information content (AvgIpc) is 1.79. The largest absolute Gasteiger partial charge is 0.377 e. The van der Waals surface area contributed by atoms with Gasteiger partial charge in [-0.2, -0.15) is 5.48 Å². The van der Waals surface area contributed by atoms with Crippen molar-refractivity contribution in [1.29, 1.82) is 0 Å². The maximum absolute atomic E-state index is 8.67. The van der Waals surface area contributed by atoms with E-state index in [-0.39, 0.29) is 0 Å². The minimum Gasteiger partial charge on any atom is -0.377 e. The molecule has 0 saturated heterocycles. The van der Waals surface area contributed by atoms with Crippen molar-refractivity contribution in [3.63, 3.8) is 0 Å². The highest BCUT2D eigenvalue weighted by Gasteiger charge is 1.93. The molecule has 0 fully saturated rings. The fraction of sp³-hybridized carbons (Fsp3) is 1.00. The summed E-state index contributed by atoms with van der Waals surface area (Å²) in [5.41, 5.74) is 2.43. The third-order valence-corrected chi connectivity index (χ3v) is 0.894. The zero-order valence-corrected chi connectivity index (χ0v) is 6.79. The Bertz CT molecular complexity index is 66.1. The molecule has 0 heterocycles. The Morgan fingerprint density at radius 2 is 2.20 bits per heavy atom. The summed E-state index contributed by atoms with van der Waals surface area (Å²) >= 11 is 0. The molecule has 2 N–H and O–H groups in total. The van der Waals surface area contributed by atoms with E-state index in [1.54, 1.807) is 6.92 Å². The van der Waals surface area contributed by atoms with E-state index in [0.29, 0.717) is 6.61 Å². The first-order valence-electron chi connectivity index (χ1n) is 3.33. The average molecular weight is 148 g/mol. The number of hydrogen-bond acceptors (Lipinski definition) is 4. The zero-order valence-electron chi connectivity index (χ0n) is 6.79. The lowest BCUT2D eigenvalue weighted by Gasteiger charge is -2.11. The summed E-state index contributed by atoms with van der Waals surface area (Å²) in [5, 5.41) is 8.67. The van der Waals surface area contributed by atoms with Crippen LogP contribution in [-0.2, 0) is 4.84 Å². The Balaban J connectivity index is 2.91. The van der Waals surface area contributed by atoms with Crippen LogP contribution in [0, 0.1) is 0 Å². The van der Waals surface area contributed by atoms with Crippen LogP contribution < -0.4 is 5.48 Å². The molecular formula is C6H16N2O2. The van der Waals surface area contributed by atoms with Gasteiger partial charge in [-0.05, 0) is 21.0 Å². The first-order chi connectivity index (χ1) is 4.63. The molecule has 0 bridgehead atoms. The summed E-state index contributed by atoms with van der Waals surface area (Å²) in [6.45, 7) is 3.04. The van der Waals surface area contributed by atoms with Crippen molar-refractivity contribution in [2.45, 2.75) is 13.2 Å². The number of aliphatic hydroxyl groups is 1. The lowest BCUT2D eigenvalue weighted by Crippen LogP contribution is -2.29. The number of hydrogen-bond donors (Lipinski definition) is 2. The highest BCUT2D eigenvalue weighted by molar-refractivity contribution is 4.38. The minimum absolute atomic E-state index is 0.581. The molecule has 0 rings (SSSR count). The summed E-state index contributed by atoms with van der Waals surface area (Å²) in [4.78, 5) is 6.87. The van der Waals surface area contributed by atoms with Gasteiger partial charge >= 0.3 is 0 Å². The molecular weight excluding hydrogens is 132 g/mol. The number of nitrogens with zero attached hydrogens (tertiary/aromatic N) is 1. The summed E-state index contributed by atoms with van der Waals surface area (Å²) in [7, 11) is 3.93. The Labute approximate surface area is 61.7 Å². The van der Waals surface area contributed by atoms with Gasteiger partial charge in [-0.25, -0.2) is 0 Å². The smallest absolute Gasteiger partial charge is 0.124 e. The van der Waals surface area contributed by atoms with Gasteiger partial charge in [-0.1, -0.05) is 0 Å². The molecule has 0 saturated carbocycles. The summed E-state index contributed by atoms with van der Waals surface area (Å²) in [6, 6.07) is 0. The second-order valence-corrected chi connectivity index (χ2v) is 2.45. The van der Waals surface area contributed by atoms with Gasteiger partial charge in [-0.3, -0.25) is 4.84 Å². The van der Waals surface area contributed by atoms with E-state index in [1.807, 2.05) is 19.0 Å². The second kappa shape index (κ2) is 5.61. The molecule has 4 heteroatoms. The van der Waals surface area contributed by atoms with Crippen LogP contribution in [-0.4, -0.2) is 43.5 Å². The maximum atomic E-state index is 8.67. The Morgan fingerprint density at radius 3 is 2.60 bits per heavy atom. The Morgan fingerprint density at radius 1 is 1.60 bits per heavy atom. The van der Waals surface area contributed by atoms with E-state index in [0.717, 1.165) is 6.54 Å². The fourth-order valence-electron chi connectivity index (χ4n) is 0.408. The lowest BCUT2D eigenvalue weighted by atomic mass is 10.6. The third kappa shape index (κ3) is 7.84. The second-order valence-electron chi connectivity index (χ2n) is 2.45. The van der Waals surface area contributed by atoms with Crippen molar-refractivity contribution >= 4 is 0 Å². The number of hydroxylamine groups is 1. The van der Waals surface area contributed by atoms with E-state index in [4.69, 9.17) is 9.94 Å². The number of rotatable bonds is 5. The van der Waals surface area contributed by atoms with Crippen molar-refractivity contribution < 1.29 is 9.94 Å². The molecule has 1 unspecified atom stereocenters. The SMILES string of the molecule is CC(O)NOCCN(C)C. The molecule has 0 aliphatic heterocycles. The molecule has 0 spiro atoms. The van der Waals surface area contributed by atoms with Crippen LogP contribution in [0.1, 0.15) is 6.92 Å². The molecule has 0 amide bonds. The Kier molecular flexibility index (Phi) is 5.52. The Hall–Kier alpha value is -0.160. The highest BCUT2D eigenvalue weighted by Crippen LogP contribution is 1.76. The van der Waals surface area contributed by atoms with Gasteiger partial charge in [0.05, 0.1) is 6.61 Å². The van der Waals surface area contributed by atoms with Crippen LogP contribution >= 0.6 is 0 Å². The zero-order chi connectivity index (χ0) is 7.98. The summed E-state index contributed by atoms with van der Waals surface area (Å²) in [5.74, 6) is 0. The number of aliphatic hydroxyl groups excluding tert-OH is 1. The third-order valence-electron chi connectivity index (χ3n) is 0.894. The number of nitrogens with one attached hydrogen (secondary N) is 1. The van der Waals surface area contributed by atoms with Crippen molar-refractivity contribution in [3.8, 4) is 0 Å². The molecule has 0 aromatic heterocycles. The van der Waals surface area contributed by atoms with E-state index in [1.165, 1.54) is 0 Å². The van der Waals surface area contributed by atoms with E-state index in [9.17, 15) is 0 Å². The van der Waals surface area contributed by atoms with Gasteiger partial charge < -0.3 is 10.0 Å². The molecule has 0 aliphatic carbocycles. The van der Waals surface area contributed by atoms with Crippen LogP contribution in [0.3, 0.4) is 0 Å². The van der Waals surface area contributed by atoms with Gasteiger partial charge in [0.15, 0.2) is 0 Å². The van der Waals surface area contributed by atoms with Gasteiger partial charge in [0.2, 0.25) is 0 Å². The normalized spacial score (nSPS) is 14.1. The van der Waals surface area contributed by atoms with Crippen molar-refractivity contribution in [2.75, 3.05) is 27.2 Å². The molecule has 0 aromatic carbocycles. The topological polar surface area (TPSA) is 44.7 Å². The number of likely N-dealkylation sites (N-methyl/N-ethyl adjacent to an activating group) is 1. The monoisotopic (exact) mass is 148 g/mol. The first-order valence-corrected chi connectivity index (χ1v) is 3.33. The molecule has 0 aromatic rings. The quantitative estimate of drug-likeness (QED) is 0.311. The van der Waals surface area contributed by atoms with Crippen molar-refractivity contribution in [2.24, 2.45) is 0 Å². The van der Waals surface area contributed by atoms with Crippen molar-refractivity contribution in [3.05, 3.63) is 0 Å². The van der Waals surface area contributed by atoms with E-state index < -0.39 is 6.23 Å². The molecule has 0 radical (unpaired) electrons. The van der Waals surface area contributed by atoms with Gasteiger partial charge in [-0.15, -0.1) is 0 Å². The van der Waals surface area contributed by atoms with Crippen LogP contribution in [0.5, 0.6) is 0 Å². The summed E-state index contributed by atoms with van der Waals surface area (Å²) in [6.07, 6.45) is -0.595. The fourth-order valence-corrected chi connectivity index (χ4v) is 0.408. The molecule has 0 aliphatic rings. The lowest BCUT2D eigenvalue weighted by molar-refractivity contribution is -0.0516. The summed E-state index contributed by atoms with van der Waals surface area (Å²) < 4.78 is 0. The van der Waals surface area contributed by atoms with E-state index in [2.05, 4.69) is 5.48 Å². The van der Waals surface area contributed by atoms with Gasteiger partial charge in [0, 0.05) is 6.54 Å². The predicted octanol–water partition coefficient (Wildman–Crippen LogP) is -0.592. The molecule has 62 valence electrons. The van der Waals surface area contributed by atoms with E-state index >= 15 is 0 Å². The van der Waals surface area contributed by atoms with Crippen LogP contribution in [0.25, 0.3) is 0 Å². The first kappa shape index (κ1) is 9.84. The van der Waals surface area contributed by atoms with Crippen molar-refractivity contribution in [1.82, 2.24) is 10.4 Å². The highest BCUT2D eigenvalue weighted by atomic mass is 16.7. The molecule has 10 heavy (non-hydrogen) atoms.